The molecule has 3 heterocycles. The Morgan fingerprint density at radius 3 is 2.15 bits per heavy atom. The van der Waals surface area contributed by atoms with Crippen molar-refractivity contribution in [3.63, 3.8) is 0 Å². The van der Waals surface area contributed by atoms with Crippen LogP contribution in [-0.2, 0) is 9.47 Å². The van der Waals surface area contributed by atoms with E-state index in [1.54, 1.807) is 31.2 Å². The SMILES string of the molecule is CC(C)C1OC2(C)OC(=N)C1(C#N)C(C#N)(C#N)C2c1ccc(Cl)cc1. The van der Waals surface area contributed by atoms with E-state index in [0.717, 1.165) is 0 Å². The third kappa shape index (κ3) is 1.96. The van der Waals surface area contributed by atoms with E-state index in [4.69, 9.17) is 26.5 Å². The van der Waals surface area contributed by atoms with Crippen molar-refractivity contribution in [3.8, 4) is 18.2 Å². The van der Waals surface area contributed by atoms with Gasteiger partial charge in [0.25, 0.3) is 0 Å². The van der Waals surface area contributed by atoms with Gasteiger partial charge in [0.2, 0.25) is 11.7 Å². The fourth-order valence-electron chi connectivity index (χ4n) is 4.31. The maximum Gasteiger partial charge on any atom is 0.219 e. The molecule has 2 bridgehead atoms. The predicted octanol–water partition coefficient (Wildman–Crippen LogP) is 3.75. The molecule has 3 saturated heterocycles. The Hall–Kier alpha value is -2.59. The molecule has 1 aromatic rings. The second-order valence-corrected chi connectivity index (χ2v) is 7.60. The molecule has 0 amide bonds. The van der Waals surface area contributed by atoms with E-state index in [1.165, 1.54) is 0 Å². The van der Waals surface area contributed by atoms with Gasteiger partial charge in [0, 0.05) is 11.9 Å². The number of benzene rings is 1. The molecule has 1 N–H and O–H groups in total. The van der Waals surface area contributed by atoms with E-state index in [2.05, 4.69) is 18.2 Å². The molecule has 26 heavy (non-hydrogen) atoms. The molecule has 4 rings (SSSR count). The fourth-order valence-corrected chi connectivity index (χ4v) is 4.43. The zero-order chi connectivity index (χ0) is 19.3. The van der Waals surface area contributed by atoms with E-state index < -0.39 is 28.6 Å². The van der Waals surface area contributed by atoms with Gasteiger partial charge < -0.3 is 9.47 Å². The molecule has 3 aliphatic heterocycles. The van der Waals surface area contributed by atoms with Crippen LogP contribution in [0.15, 0.2) is 24.3 Å². The Kier molecular flexibility index (Phi) is 4.00. The van der Waals surface area contributed by atoms with E-state index >= 15 is 0 Å². The van der Waals surface area contributed by atoms with Gasteiger partial charge in [-0.3, -0.25) is 5.41 Å². The monoisotopic (exact) mass is 368 g/mol. The van der Waals surface area contributed by atoms with Crippen molar-refractivity contribution in [1.29, 1.82) is 21.2 Å². The zero-order valence-corrected chi connectivity index (χ0v) is 15.3. The number of rotatable bonds is 2. The van der Waals surface area contributed by atoms with Crippen LogP contribution in [-0.4, -0.2) is 17.8 Å². The quantitative estimate of drug-likeness (QED) is 0.853. The molecule has 4 atom stereocenters. The third-order valence-corrected chi connectivity index (χ3v) is 5.62. The van der Waals surface area contributed by atoms with Crippen LogP contribution in [0.4, 0.5) is 0 Å². The van der Waals surface area contributed by atoms with Gasteiger partial charge in [-0.1, -0.05) is 37.6 Å². The zero-order valence-electron chi connectivity index (χ0n) is 14.6. The summed E-state index contributed by atoms with van der Waals surface area (Å²) in [6.45, 7) is 5.27. The lowest BCUT2D eigenvalue weighted by atomic mass is 9.49. The molecule has 0 aromatic heterocycles. The molecular weight excluding hydrogens is 352 g/mol. The van der Waals surface area contributed by atoms with Gasteiger partial charge >= 0.3 is 0 Å². The summed E-state index contributed by atoms with van der Waals surface area (Å²) >= 11 is 5.97. The van der Waals surface area contributed by atoms with Gasteiger partial charge in [0.1, 0.15) is 0 Å². The number of nitrogens with zero attached hydrogens (tertiary/aromatic N) is 3. The van der Waals surface area contributed by atoms with Gasteiger partial charge in [-0.2, -0.15) is 15.8 Å². The first kappa shape index (κ1) is 18.2. The summed E-state index contributed by atoms with van der Waals surface area (Å²) in [6.07, 6.45) is -0.818. The number of fused-ring (bicyclic) bond motifs is 3. The molecule has 4 unspecified atom stereocenters. The summed E-state index contributed by atoms with van der Waals surface area (Å²) in [5.74, 6) is -2.90. The van der Waals surface area contributed by atoms with E-state index in [9.17, 15) is 15.8 Å². The lowest BCUT2D eigenvalue weighted by molar-refractivity contribution is -0.327. The highest BCUT2D eigenvalue weighted by Gasteiger charge is 2.79. The Bertz CT molecular complexity index is 878. The van der Waals surface area contributed by atoms with Gasteiger partial charge in [-0.05, 0) is 23.6 Å². The minimum absolute atomic E-state index is 0.203. The Balaban J connectivity index is 2.37. The highest BCUT2D eigenvalue weighted by molar-refractivity contribution is 6.30. The standard InChI is InChI=1S/C19H17ClN4O2/c1-11(2)15-19(10-23)16(24)26-17(3,25-15)14(18(19,8-21)9-22)12-4-6-13(20)7-5-12/h4-7,11,14-15,24H,1-3H3. The van der Waals surface area contributed by atoms with Crippen LogP contribution in [0.5, 0.6) is 0 Å². The highest BCUT2D eigenvalue weighted by Crippen LogP contribution is 2.66. The van der Waals surface area contributed by atoms with Crippen LogP contribution in [0, 0.1) is 56.2 Å². The average Bonchev–Trinajstić information content (AvgIpc) is 2.61. The molecule has 132 valence electrons. The third-order valence-electron chi connectivity index (χ3n) is 5.37. The van der Waals surface area contributed by atoms with Gasteiger partial charge in [0.05, 0.1) is 30.2 Å². The molecule has 3 aliphatic rings. The molecule has 1 aromatic carbocycles. The van der Waals surface area contributed by atoms with E-state index in [1.807, 2.05) is 13.8 Å². The van der Waals surface area contributed by atoms with Crippen LogP contribution < -0.4 is 0 Å². The minimum Gasteiger partial charge on any atom is -0.447 e. The molecule has 0 spiro atoms. The Morgan fingerprint density at radius 1 is 1.12 bits per heavy atom. The number of nitrogens with one attached hydrogen (secondary N) is 1. The first-order valence-corrected chi connectivity index (χ1v) is 8.55. The molecule has 0 saturated carbocycles. The van der Waals surface area contributed by atoms with Crippen molar-refractivity contribution < 1.29 is 9.47 Å². The Labute approximate surface area is 157 Å². The predicted molar refractivity (Wildman–Crippen MR) is 92.8 cm³/mol. The van der Waals surface area contributed by atoms with Crippen LogP contribution in [0.3, 0.4) is 0 Å². The molecule has 0 aliphatic carbocycles. The van der Waals surface area contributed by atoms with Crippen molar-refractivity contribution in [2.45, 2.75) is 38.6 Å². The first-order chi connectivity index (χ1) is 12.2. The van der Waals surface area contributed by atoms with Gasteiger partial charge in [0.15, 0.2) is 10.8 Å². The van der Waals surface area contributed by atoms with Crippen LogP contribution >= 0.6 is 11.6 Å². The number of hydrogen-bond acceptors (Lipinski definition) is 6. The average molecular weight is 369 g/mol. The van der Waals surface area contributed by atoms with E-state index in [-0.39, 0.29) is 11.8 Å². The largest absolute Gasteiger partial charge is 0.447 e. The number of ether oxygens (including phenoxy) is 2. The lowest BCUT2D eigenvalue weighted by Crippen LogP contribution is -2.74. The fraction of sp³-hybridized carbons (Fsp3) is 0.474. The summed E-state index contributed by atoms with van der Waals surface area (Å²) in [7, 11) is 0. The molecule has 3 fully saturated rings. The summed E-state index contributed by atoms with van der Waals surface area (Å²) in [6, 6.07) is 12.9. The van der Waals surface area contributed by atoms with Crippen LogP contribution in [0.25, 0.3) is 0 Å². The lowest BCUT2D eigenvalue weighted by Gasteiger charge is -2.62. The molecule has 7 heteroatoms. The summed E-state index contributed by atoms with van der Waals surface area (Å²) in [5, 5.41) is 39.2. The maximum absolute atomic E-state index is 10.1. The highest BCUT2D eigenvalue weighted by atomic mass is 35.5. The number of hydrogen-bond donors (Lipinski definition) is 1. The summed E-state index contributed by atoms with van der Waals surface area (Å²) in [4.78, 5) is 0. The summed E-state index contributed by atoms with van der Waals surface area (Å²) in [5.41, 5.74) is -3.08. The van der Waals surface area contributed by atoms with Crippen LogP contribution in [0.2, 0.25) is 5.02 Å². The van der Waals surface area contributed by atoms with Crippen molar-refractivity contribution in [2.24, 2.45) is 16.7 Å². The maximum atomic E-state index is 10.1. The minimum atomic E-state index is -1.84. The second kappa shape index (κ2) is 5.71. The van der Waals surface area contributed by atoms with Crippen LogP contribution in [0.1, 0.15) is 32.3 Å². The van der Waals surface area contributed by atoms with Crippen molar-refractivity contribution in [1.82, 2.24) is 0 Å². The summed E-state index contributed by atoms with van der Waals surface area (Å²) < 4.78 is 11.8. The van der Waals surface area contributed by atoms with Crippen molar-refractivity contribution >= 4 is 17.5 Å². The molecule has 6 nitrogen and oxygen atoms in total. The number of nitriles is 3. The Morgan fingerprint density at radius 2 is 1.69 bits per heavy atom. The second-order valence-electron chi connectivity index (χ2n) is 7.17. The van der Waals surface area contributed by atoms with Crippen molar-refractivity contribution in [3.05, 3.63) is 34.9 Å². The number of halogens is 1. The topological polar surface area (TPSA) is 114 Å². The molecule has 0 radical (unpaired) electrons. The molecular formula is C19H17ClN4O2. The normalized spacial score (nSPS) is 34.5. The van der Waals surface area contributed by atoms with Crippen molar-refractivity contribution in [2.75, 3.05) is 0 Å². The van der Waals surface area contributed by atoms with E-state index in [0.29, 0.717) is 10.6 Å². The van der Waals surface area contributed by atoms with Gasteiger partial charge in [-0.25, -0.2) is 0 Å². The first-order valence-electron chi connectivity index (χ1n) is 8.17. The smallest absolute Gasteiger partial charge is 0.219 e. The van der Waals surface area contributed by atoms with Gasteiger partial charge in [-0.15, -0.1) is 0 Å².